The van der Waals surface area contributed by atoms with Crippen LogP contribution in [0.5, 0.6) is 0 Å². The molecule has 100 valence electrons. The van der Waals surface area contributed by atoms with Gasteiger partial charge in [-0.15, -0.1) is 0 Å². The van der Waals surface area contributed by atoms with E-state index in [2.05, 4.69) is 20.9 Å². The second-order valence-electron chi connectivity index (χ2n) is 4.48. The number of hydrogen-bond donors (Lipinski definition) is 0. The Morgan fingerprint density at radius 3 is 2.85 bits per heavy atom. The van der Waals surface area contributed by atoms with Crippen LogP contribution in [0.1, 0.15) is 10.4 Å². The summed E-state index contributed by atoms with van der Waals surface area (Å²) in [4.78, 5) is 15.6. The van der Waals surface area contributed by atoms with Gasteiger partial charge in [-0.3, -0.25) is 4.79 Å². The number of aromatic nitrogens is 2. The van der Waals surface area contributed by atoms with Crippen LogP contribution in [0.3, 0.4) is 0 Å². The summed E-state index contributed by atoms with van der Waals surface area (Å²) < 4.78 is 2.67. The van der Waals surface area contributed by atoms with E-state index in [1.54, 1.807) is 6.20 Å². The first kappa shape index (κ1) is 13.3. The molecule has 3 rings (SSSR count). The lowest BCUT2D eigenvalue weighted by Crippen LogP contribution is -1.91. The summed E-state index contributed by atoms with van der Waals surface area (Å²) in [5.74, 6) is 0. The molecular weight excluding hydrogens is 340 g/mol. The maximum atomic E-state index is 11.0. The zero-order valence-corrected chi connectivity index (χ0v) is 12.9. The normalized spacial score (nSPS) is 10.9. The van der Waals surface area contributed by atoms with Crippen LogP contribution in [-0.4, -0.2) is 15.8 Å². The maximum Gasteiger partial charge on any atom is 0.152 e. The number of pyridine rings is 1. The third-order valence-corrected chi connectivity index (χ3v) is 4.50. The van der Waals surface area contributed by atoms with Crippen molar-refractivity contribution in [2.75, 3.05) is 0 Å². The number of aryl methyl sites for hydroxylation is 1. The number of aldehydes is 1. The maximum absolute atomic E-state index is 11.0. The number of fused-ring (bicyclic) bond motifs is 1. The molecule has 0 radical (unpaired) electrons. The van der Waals surface area contributed by atoms with Gasteiger partial charge >= 0.3 is 0 Å². The molecule has 2 heterocycles. The van der Waals surface area contributed by atoms with Crippen molar-refractivity contribution in [3.8, 4) is 11.3 Å². The quantitative estimate of drug-likeness (QED) is 0.640. The minimum Gasteiger partial charge on any atom is -0.335 e. The Morgan fingerprint density at radius 1 is 1.30 bits per heavy atom. The van der Waals surface area contributed by atoms with Crippen molar-refractivity contribution in [3.05, 3.63) is 51.6 Å². The average molecular weight is 350 g/mol. The van der Waals surface area contributed by atoms with Gasteiger partial charge in [-0.2, -0.15) is 0 Å². The van der Waals surface area contributed by atoms with Gasteiger partial charge in [0.25, 0.3) is 0 Å². The molecule has 20 heavy (non-hydrogen) atoms. The average Bonchev–Trinajstić information content (AvgIpc) is 2.78. The SMILES string of the molecule is Cn1cc(C=O)c2ccc(-c3cccc(Br)c3Cl)nc21. The molecule has 0 bridgehead atoms. The molecule has 0 amide bonds. The summed E-state index contributed by atoms with van der Waals surface area (Å²) >= 11 is 9.71. The molecule has 5 heteroatoms. The fourth-order valence-electron chi connectivity index (χ4n) is 2.23. The fourth-order valence-corrected chi connectivity index (χ4v) is 2.82. The molecule has 0 aliphatic carbocycles. The molecule has 0 saturated heterocycles. The van der Waals surface area contributed by atoms with E-state index in [9.17, 15) is 4.79 Å². The Bertz CT molecular complexity index is 826. The molecule has 1 aromatic carbocycles. The molecule has 3 nitrogen and oxygen atoms in total. The molecule has 0 aliphatic heterocycles. The molecule has 0 fully saturated rings. The number of hydrogen-bond acceptors (Lipinski definition) is 2. The van der Waals surface area contributed by atoms with Gasteiger partial charge in [0, 0.05) is 34.2 Å². The largest absolute Gasteiger partial charge is 0.335 e. The van der Waals surface area contributed by atoms with Gasteiger partial charge < -0.3 is 4.57 Å². The molecule has 0 unspecified atom stereocenters. The van der Waals surface area contributed by atoms with Crippen molar-refractivity contribution in [3.63, 3.8) is 0 Å². The highest BCUT2D eigenvalue weighted by molar-refractivity contribution is 9.10. The third-order valence-electron chi connectivity index (χ3n) is 3.21. The standard InChI is InChI=1S/C15H10BrClN2O/c1-19-7-9(8-20)10-5-6-13(18-15(10)19)11-3-2-4-12(16)14(11)17/h2-8H,1H3. The first-order chi connectivity index (χ1) is 9.61. The Hall–Kier alpha value is -1.65. The van der Waals surface area contributed by atoms with E-state index >= 15 is 0 Å². The number of rotatable bonds is 2. The first-order valence-corrected chi connectivity index (χ1v) is 7.14. The number of halogens is 2. The van der Waals surface area contributed by atoms with E-state index < -0.39 is 0 Å². The topological polar surface area (TPSA) is 34.9 Å². The highest BCUT2D eigenvalue weighted by Gasteiger charge is 2.12. The van der Waals surface area contributed by atoms with Crippen LogP contribution in [0.15, 0.2) is 41.0 Å². The van der Waals surface area contributed by atoms with Crippen molar-refractivity contribution >= 4 is 44.9 Å². The van der Waals surface area contributed by atoms with Crippen LogP contribution in [0, 0.1) is 0 Å². The van der Waals surface area contributed by atoms with Crippen LogP contribution in [0.2, 0.25) is 5.02 Å². The number of benzene rings is 1. The van der Waals surface area contributed by atoms with E-state index in [4.69, 9.17) is 11.6 Å². The highest BCUT2D eigenvalue weighted by atomic mass is 79.9. The van der Waals surface area contributed by atoms with Crippen LogP contribution in [-0.2, 0) is 7.05 Å². The van der Waals surface area contributed by atoms with Crippen molar-refractivity contribution in [2.24, 2.45) is 7.05 Å². The second-order valence-corrected chi connectivity index (χ2v) is 5.71. The molecular formula is C15H10BrClN2O. The Labute approximate surface area is 129 Å². The van der Waals surface area contributed by atoms with E-state index in [-0.39, 0.29) is 0 Å². The van der Waals surface area contributed by atoms with Gasteiger partial charge in [0.2, 0.25) is 0 Å². The summed E-state index contributed by atoms with van der Waals surface area (Å²) in [6, 6.07) is 9.50. The molecule has 0 atom stereocenters. The van der Waals surface area contributed by atoms with Gasteiger partial charge in [-0.1, -0.05) is 23.7 Å². The summed E-state index contributed by atoms with van der Waals surface area (Å²) in [6.07, 6.45) is 2.62. The minimum absolute atomic E-state index is 0.629. The summed E-state index contributed by atoms with van der Waals surface area (Å²) in [5.41, 5.74) is 3.04. The monoisotopic (exact) mass is 348 g/mol. The van der Waals surface area contributed by atoms with Crippen LogP contribution < -0.4 is 0 Å². The van der Waals surface area contributed by atoms with Crippen molar-refractivity contribution in [2.45, 2.75) is 0 Å². The Kier molecular flexibility index (Phi) is 3.36. The minimum atomic E-state index is 0.629. The molecule has 0 spiro atoms. The van der Waals surface area contributed by atoms with E-state index in [1.807, 2.05) is 41.9 Å². The summed E-state index contributed by atoms with van der Waals surface area (Å²) in [6.45, 7) is 0. The predicted octanol–water partition coefficient (Wildman–Crippen LogP) is 4.47. The predicted molar refractivity (Wildman–Crippen MR) is 84.2 cm³/mol. The molecule has 3 aromatic rings. The van der Waals surface area contributed by atoms with E-state index in [1.165, 1.54) is 0 Å². The van der Waals surface area contributed by atoms with Gasteiger partial charge in [0.05, 0.1) is 10.7 Å². The van der Waals surface area contributed by atoms with Crippen molar-refractivity contribution < 1.29 is 4.79 Å². The van der Waals surface area contributed by atoms with Crippen molar-refractivity contribution in [1.29, 1.82) is 0 Å². The van der Waals surface area contributed by atoms with Crippen LogP contribution >= 0.6 is 27.5 Å². The zero-order chi connectivity index (χ0) is 14.3. The number of carbonyl (C=O) groups excluding carboxylic acids is 1. The lowest BCUT2D eigenvalue weighted by molar-refractivity contribution is 0.112. The van der Waals surface area contributed by atoms with E-state index in [0.717, 1.165) is 33.0 Å². The van der Waals surface area contributed by atoms with E-state index in [0.29, 0.717) is 10.6 Å². The Morgan fingerprint density at radius 2 is 2.10 bits per heavy atom. The molecule has 2 aromatic heterocycles. The van der Waals surface area contributed by atoms with Gasteiger partial charge in [0.1, 0.15) is 5.65 Å². The van der Waals surface area contributed by atoms with Gasteiger partial charge in [-0.25, -0.2) is 4.98 Å². The van der Waals surface area contributed by atoms with Crippen LogP contribution in [0.4, 0.5) is 0 Å². The molecule has 0 saturated carbocycles. The molecule has 0 N–H and O–H groups in total. The highest BCUT2D eigenvalue weighted by Crippen LogP contribution is 2.33. The number of carbonyl (C=O) groups is 1. The van der Waals surface area contributed by atoms with Crippen LogP contribution in [0.25, 0.3) is 22.3 Å². The van der Waals surface area contributed by atoms with Crippen molar-refractivity contribution in [1.82, 2.24) is 9.55 Å². The lowest BCUT2D eigenvalue weighted by atomic mass is 10.1. The Balaban J connectivity index is 2.26. The number of nitrogens with zero attached hydrogens (tertiary/aromatic N) is 2. The van der Waals surface area contributed by atoms with Gasteiger partial charge in [-0.05, 0) is 34.1 Å². The second kappa shape index (κ2) is 5.04. The molecule has 0 aliphatic rings. The zero-order valence-electron chi connectivity index (χ0n) is 10.6. The fraction of sp³-hybridized carbons (Fsp3) is 0.0667. The summed E-state index contributed by atoms with van der Waals surface area (Å²) in [7, 11) is 1.87. The smallest absolute Gasteiger partial charge is 0.152 e. The first-order valence-electron chi connectivity index (χ1n) is 5.97. The summed E-state index contributed by atoms with van der Waals surface area (Å²) in [5, 5.41) is 1.47. The van der Waals surface area contributed by atoms with Gasteiger partial charge in [0.15, 0.2) is 6.29 Å². The third kappa shape index (κ3) is 2.05. The lowest BCUT2D eigenvalue weighted by Gasteiger charge is -2.06.